The summed E-state index contributed by atoms with van der Waals surface area (Å²) < 4.78 is 14.5. The number of halogens is 2. The fraction of sp³-hybridized carbons (Fsp3) is 0.625. The highest BCUT2D eigenvalue weighted by Crippen LogP contribution is 2.32. The Morgan fingerprint density at radius 2 is 2.05 bits per heavy atom. The molecule has 2 N–H and O–H groups in total. The standard InChI is InChI=1S/C16H23BrFN3/c17-15-4-3-12(18)9-14(15)16(10-19)21-8-5-13(11-21)20-6-1-2-7-20/h3-4,9,13,16H,1-2,5-8,10-11,19H2. The molecule has 2 heterocycles. The average molecular weight is 356 g/mol. The minimum absolute atomic E-state index is 0.0997. The molecule has 5 heteroatoms. The Morgan fingerprint density at radius 3 is 2.76 bits per heavy atom. The zero-order valence-electron chi connectivity index (χ0n) is 12.3. The molecule has 3 rings (SSSR count). The van der Waals surface area contributed by atoms with Gasteiger partial charge in [0.2, 0.25) is 0 Å². The summed E-state index contributed by atoms with van der Waals surface area (Å²) in [5, 5.41) is 0. The van der Waals surface area contributed by atoms with E-state index in [1.54, 1.807) is 12.1 Å². The summed E-state index contributed by atoms with van der Waals surface area (Å²) in [5.41, 5.74) is 6.98. The lowest BCUT2D eigenvalue weighted by Crippen LogP contribution is -2.38. The number of hydrogen-bond acceptors (Lipinski definition) is 3. The number of rotatable bonds is 4. The van der Waals surface area contributed by atoms with Gasteiger partial charge in [0.05, 0.1) is 0 Å². The minimum atomic E-state index is -0.193. The molecule has 0 spiro atoms. The lowest BCUT2D eigenvalue weighted by atomic mass is 10.1. The lowest BCUT2D eigenvalue weighted by molar-refractivity contribution is 0.202. The van der Waals surface area contributed by atoms with Crippen molar-refractivity contribution in [2.24, 2.45) is 5.73 Å². The zero-order valence-corrected chi connectivity index (χ0v) is 13.9. The number of nitrogens with two attached hydrogens (primary N) is 1. The summed E-state index contributed by atoms with van der Waals surface area (Å²) in [5.74, 6) is -0.193. The molecule has 1 aromatic carbocycles. The number of hydrogen-bond donors (Lipinski definition) is 1. The largest absolute Gasteiger partial charge is 0.329 e. The van der Waals surface area contributed by atoms with E-state index >= 15 is 0 Å². The molecule has 0 aromatic heterocycles. The highest BCUT2D eigenvalue weighted by atomic mass is 79.9. The van der Waals surface area contributed by atoms with Gasteiger partial charge < -0.3 is 5.73 Å². The molecule has 0 aliphatic carbocycles. The summed E-state index contributed by atoms with van der Waals surface area (Å²) >= 11 is 3.54. The summed E-state index contributed by atoms with van der Waals surface area (Å²) in [6, 6.07) is 5.63. The molecule has 2 saturated heterocycles. The normalized spacial score (nSPS) is 25.6. The van der Waals surface area contributed by atoms with Gasteiger partial charge in [0.15, 0.2) is 0 Å². The van der Waals surface area contributed by atoms with Crippen molar-refractivity contribution in [1.29, 1.82) is 0 Å². The van der Waals surface area contributed by atoms with Crippen molar-refractivity contribution in [3.63, 3.8) is 0 Å². The predicted octanol–water partition coefficient (Wildman–Crippen LogP) is 2.76. The Morgan fingerprint density at radius 1 is 1.29 bits per heavy atom. The first-order valence-corrected chi connectivity index (χ1v) is 8.61. The van der Waals surface area contributed by atoms with Gasteiger partial charge in [-0.3, -0.25) is 9.80 Å². The molecule has 0 bridgehead atoms. The molecule has 0 amide bonds. The van der Waals surface area contributed by atoms with Crippen LogP contribution in [0.4, 0.5) is 4.39 Å². The Kier molecular flexibility index (Phi) is 4.94. The molecular weight excluding hydrogens is 333 g/mol. The van der Waals surface area contributed by atoms with E-state index < -0.39 is 0 Å². The van der Waals surface area contributed by atoms with Gasteiger partial charge in [-0.05, 0) is 56.1 Å². The number of likely N-dealkylation sites (tertiary alicyclic amines) is 2. The van der Waals surface area contributed by atoms with E-state index in [0.29, 0.717) is 12.6 Å². The fourth-order valence-electron chi connectivity index (χ4n) is 3.70. The van der Waals surface area contributed by atoms with Crippen LogP contribution in [-0.4, -0.2) is 48.6 Å². The van der Waals surface area contributed by atoms with Crippen molar-refractivity contribution in [2.75, 3.05) is 32.7 Å². The quantitative estimate of drug-likeness (QED) is 0.901. The van der Waals surface area contributed by atoms with E-state index in [0.717, 1.165) is 23.1 Å². The second-order valence-electron chi connectivity index (χ2n) is 6.10. The average Bonchev–Trinajstić information content (AvgIpc) is 3.14. The predicted molar refractivity (Wildman–Crippen MR) is 86.7 cm³/mol. The molecule has 2 aliphatic heterocycles. The van der Waals surface area contributed by atoms with Crippen LogP contribution < -0.4 is 5.73 Å². The first kappa shape index (κ1) is 15.4. The molecule has 1 aromatic rings. The van der Waals surface area contributed by atoms with Crippen LogP contribution in [0.1, 0.15) is 30.9 Å². The van der Waals surface area contributed by atoms with Gasteiger partial charge in [-0.15, -0.1) is 0 Å². The molecule has 0 radical (unpaired) electrons. The highest BCUT2D eigenvalue weighted by Gasteiger charge is 2.33. The minimum Gasteiger partial charge on any atom is -0.329 e. The summed E-state index contributed by atoms with van der Waals surface area (Å²) in [7, 11) is 0. The Labute approximate surface area is 134 Å². The van der Waals surface area contributed by atoms with E-state index in [4.69, 9.17) is 5.73 Å². The van der Waals surface area contributed by atoms with E-state index in [-0.39, 0.29) is 11.9 Å². The second kappa shape index (κ2) is 6.73. The number of benzene rings is 1. The Bertz CT molecular complexity index is 490. The lowest BCUT2D eigenvalue weighted by Gasteiger charge is -2.29. The van der Waals surface area contributed by atoms with Crippen molar-refractivity contribution in [3.05, 3.63) is 34.1 Å². The van der Waals surface area contributed by atoms with Crippen LogP contribution in [0.2, 0.25) is 0 Å². The van der Waals surface area contributed by atoms with Gasteiger partial charge >= 0.3 is 0 Å². The highest BCUT2D eigenvalue weighted by molar-refractivity contribution is 9.10. The van der Waals surface area contributed by atoms with Crippen molar-refractivity contribution >= 4 is 15.9 Å². The molecular formula is C16H23BrFN3. The molecule has 116 valence electrons. The monoisotopic (exact) mass is 355 g/mol. The summed E-state index contributed by atoms with van der Waals surface area (Å²) in [6.07, 6.45) is 3.85. The van der Waals surface area contributed by atoms with Crippen LogP contribution >= 0.6 is 15.9 Å². The maximum atomic E-state index is 13.6. The molecule has 0 saturated carbocycles. The van der Waals surface area contributed by atoms with Gasteiger partial charge in [0.1, 0.15) is 5.82 Å². The third kappa shape index (κ3) is 3.31. The third-order valence-corrected chi connectivity index (χ3v) is 5.56. The van der Waals surface area contributed by atoms with Gasteiger partial charge in [-0.25, -0.2) is 4.39 Å². The number of nitrogens with zero attached hydrogens (tertiary/aromatic N) is 2. The van der Waals surface area contributed by atoms with Gasteiger partial charge in [0, 0.05) is 36.2 Å². The van der Waals surface area contributed by atoms with Crippen molar-refractivity contribution < 1.29 is 4.39 Å². The van der Waals surface area contributed by atoms with Crippen molar-refractivity contribution in [1.82, 2.24) is 9.80 Å². The zero-order chi connectivity index (χ0) is 14.8. The van der Waals surface area contributed by atoms with Crippen LogP contribution in [0.3, 0.4) is 0 Å². The van der Waals surface area contributed by atoms with Gasteiger partial charge in [0.25, 0.3) is 0 Å². The first-order chi connectivity index (χ1) is 10.2. The van der Waals surface area contributed by atoms with Crippen LogP contribution in [0.5, 0.6) is 0 Å². The molecule has 2 fully saturated rings. The van der Waals surface area contributed by atoms with E-state index in [2.05, 4.69) is 25.7 Å². The van der Waals surface area contributed by atoms with Gasteiger partial charge in [-0.1, -0.05) is 15.9 Å². The summed E-state index contributed by atoms with van der Waals surface area (Å²) in [6.45, 7) is 5.08. The maximum Gasteiger partial charge on any atom is 0.123 e. The Hall–Kier alpha value is -0.490. The summed E-state index contributed by atoms with van der Waals surface area (Å²) in [4.78, 5) is 5.02. The first-order valence-electron chi connectivity index (χ1n) is 7.82. The Balaban J connectivity index is 1.73. The topological polar surface area (TPSA) is 32.5 Å². The van der Waals surface area contributed by atoms with E-state index in [1.807, 2.05) is 0 Å². The molecule has 2 unspecified atom stereocenters. The van der Waals surface area contributed by atoms with E-state index in [9.17, 15) is 4.39 Å². The smallest absolute Gasteiger partial charge is 0.123 e. The van der Waals surface area contributed by atoms with E-state index in [1.165, 1.54) is 38.4 Å². The van der Waals surface area contributed by atoms with Crippen LogP contribution in [-0.2, 0) is 0 Å². The van der Waals surface area contributed by atoms with Crippen molar-refractivity contribution in [3.8, 4) is 0 Å². The molecule has 2 atom stereocenters. The van der Waals surface area contributed by atoms with Gasteiger partial charge in [-0.2, -0.15) is 0 Å². The SMILES string of the molecule is NCC(c1cc(F)ccc1Br)N1CCC(N2CCCC2)C1. The van der Waals surface area contributed by atoms with Crippen LogP contribution in [0, 0.1) is 5.82 Å². The molecule has 2 aliphatic rings. The molecule has 21 heavy (non-hydrogen) atoms. The van der Waals surface area contributed by atoms with Crippen LogP contribution in [0.15, 0.2) is 22.7 Å². The maximum absolute atomic E-state index is 13.6. The molecule has 3 nitrogen and oxygen atoms in total. The van der Waals surface area contributed by atoms with Crippen molar-refractivity contribution in [2.45, 2.75) is 31.3 Å². The second-order valence-corrected chi connectivity index (χ2v) is 6.95. The fourth-order valence-corrected chi connectivity index (χ4v) is 4.21. The third-order valence-electron chi connectivity index (χ3n) is 4.83. The van der Waals surface area contributed by atoms with Crippen LogP contribution in [0.25, 0.3) is 0 Å².